The smallest absolute Gasteiger partial charge is 0.146 e. The first-order chi connectivity index (χ1) is 5.84. The van der Waals surface area contributed by atoms with Crippen molar-refractivity contribution in [3.05, 3.63) is 0 Å². The van der Waals surface area contributed by atoms with E-state index in [1.54, 1.807) is 11.8 Å². The molecule has 2 heteroatoms. The molecule has 0 aromatic heterocycles. The van der Waals surface area contributed by atoms with E-state index in [-0.39, 0.29) is 5.25 Å². The molecule has 1 rings (SSSR count). The van der Waals surface area contributed by atoms with Gasteiger partial charge in [0.25, 0.3) is 0 Å². The lowest BCUT2D eigenvalue weighted by molar-refractivity contribution is -0.118. The van der Waals surface area contributed by atoms with Crippen molar-refractivity contribution < 1.29 is 4.79 Å². The van der Waals surface area contributed by atoms with Crippen molar-refractivity contribution in [3.63, 3.8) is 0 Å². The summed E-state index contributed by atoms with van der Waals surface area (Å²) in [5.41, 5.74) is 0. The maximum Gasteiger partial charge on any atom is 0.146 e. The topological polar surface area (TPSA) is 17.1 Å². The van der Waals surface area contributed by atoms with Gasteiger partial charge in [-0.2, -0.15) is 11.8 Å². The lowest BCUT2D eigenvalue weighted by Gasteiger charge is -2.19. The van der Waals surface area contributed by atoms with E-state index in [9.17, 15) is 4.79 Å². The van der Waals surface area contributed by atoms with Gasteiger partial charge in [0.1, 0.15) is 5.78 Å². The Morgan fingerprint density at radius 2 is 2.42 bits per heavy atom. The van der Waals surface area contributed by atoms with E-state index in [2.05, 4.69) is 5.92 Å². The minimum Gasteiger partial charge on any atom is -0.298 e. The molecule has 0 spiro atoms. The Hall–Kier alpha value is -0.420. The van der Waals surface area contributed by atoms with E-state index < -0.39 is 0 Å². The van der Waals surface area contributed by atoms with Crippen molar-refractivity contribution in [2.75, 3.05) is 5.75 Å². The van der Waals surface area contributed by atoms with Gasteiger partial charge >= 0.3 is 0 Å². The third-order valence-corrected chi connectivity index (χ3v) is 3.48. The van der Waals surface area contributed by atoms with Crippen LogP contribution >= 0.6 is 11.8 Å². The second-order valence-corrected chi connectivity index (χ2v) is 4.34. The maximum atomic E-state index is 11.4. The second kappa shape index (κ2) is 5.27. The van der Waals surface area contributed by atoms with Gasteiger partial charge in [0, 0.05) is 12.8 Å². The van der Waals surface area contributed by atoms with Crippen LogP contribution in [0.4, 0.5) is 0 Å². The average molecular weight is 182 g/mol. The highest BCUT2D eigenvalue weighted by Crippen LogP contribution is 2.26. The zero-order valence-corrected chi connectivity index (χ0v) is 8.03. The number of rotatable bonds is 3. The van der Waals surface area contributed by atoms with Gasteiger partial charge in [0.2, 0.25) is 0 Å². The number of terminal acetylenes is 1. The molecule has 1 nitrogen and oxygen atoms in total. The number of Topliss-reactive ketones (excluding diaryl/α,β-unsaturated/α-hetero) is 1. The van der Waals surface area contributed by atoms with Crippen LogP contribution in [0.3, 0.4) is 0 Å². The van der Waals surface area contributed by atoms with Crippen LogP contribution < -0.4 is 0 Å². The predicted octanol–water partition coefficient (Wildman–Crippen LogP) is 2.25. The molecule has 0 saturated carbocycles. The third-order valence-electron chi connectivity index (χ3n) is 2.05. The summed E-state index contributed by atoms with van der Waals surface area (Å²) in [5.74, 6) is 4.01. The largest absolute Gasteiger partial charge is 0.298 e. The molecule has 0 aromatic rings. The molecule has 12 heavy (non-hydrogen) atoms. The van der Waals surface area contributed by atoms with Crippen molar-refractivity contribution in [2.24, 2.45) is 0 Å². The highest BCUT2D eigenvalue weighted by molar-refractivity contribution is 8.00. The van der Waals surface area contributed by atoms with Gasteiger partial charge in [0.05, 0.1) is 5.25 Å². The van der Waals surface area contributed by atoms with Gasteiger partial charge in [-0.1, -0.05) is 6.42 Å². The Kier molecular flexibility index (Phi) is 4.24. The zero-order chi connectivity index (χ0) is 8.81. The summed E-state index contributed by atoms with van der Waals surface area (Å²) in [5, 5.41) is 0.257. The van der Waals surface area contributed by atoms with E-state index in [1.165, 1.54) is 12.8 Å². The number of hydrogen-bond acceptors (Lipinski definition) is 2. The number of carbonyl (C=O) groups excluding carboxylic acids is 1. The first kappa shape index (κ1) is 9.67. The quantitative estimate of drug-likeness (QED) is 0.623. The van der Waals surface area contributed by atoms with Gasteiger partial charge < -0.3 is 0 Å². The molecule has 0 radical (unpaired) electrons. The minimum atomic E-state index is 0.257. The monoisotopic (exact) mass is 182 g/mol. The first-order valence-corrected chi connectivity index (χ1v) is 5.47. The Morgan fingerprint density at radius 1 is 1.58 bits per heavy atom. The lowest BCUT2D eigenvalue weighted by Crippen LogP contribution is -2.20. The molecule has 1 unspecified atom stereocenters. The van der Waals surface area contributed by atoms with Gasteiger partial charge in [-0.05, 0) is 18.6 Å². The molecule has 1 atom stereocenters. The number of thioether (sulfide) groups is 1. The van der Waals surface area contributed by atoms with Crippen molar-refractivity contribution in [1.82, 2.24) is 0 Å². The molecule has 66 valence electrons. The van der Waals surface area contributed by atoms with Crippen LogP contribution in [0.1, 0.15) is 32.1 Å². The maximum absolute atomic E-state index is 11.4. The standard InChI is InChI=1S/C10H14OS/c1-2-3-6-9(11)10-7-4-5-8-12-10/h1,10H,3-8H2. The molecular formula is C10H14OS. The van der Waals surface area contributed by atoms with Crippen LogP contribution in [0.2, 0.25) is 0 Å². The fraction of sp³-hybridized carbons (Fsp3) is 0.700. The summed E-state index contributed by atoms with van der Waals surface area (Å²) < 4.78 is 0. The summed E-state index contributed by atoms with van der Waals surface area (Å²) in [6, 6.07) is 0. The van der Waals surface area contributed by atoms with Crippen molar-refractivity contribution in [2.45, 2.75) is 37.4 Å². The summed E-state index contributed by atoms with van der Waals surface area (Å²) in [6.07, 6.45) is 9.82. The van der Waals surface area contributed by atoms with E-state index in [1.807, 2.05) is 0 Å². The van der Waals surface area contributed by atoms with Crippen LogP contribution in [0.15, 0.2) is 0 Å². The van der Waals surface area contributed by atoms with Gasteiger partial charge in [-0.25, -0.2) is 0 Å². The summed E-state index contributed by atoms with van der Waals surface area (Å²) >= 11 is 1.80. The van der Waals surface area contributed by atoms with Gasteiger partial charge in [-0.3, -0.25) is 4.79 Å². The molecule has 0 N–H and O–H groups in total. The van der Waals surface area contributed by atoms with E-state index in [4.69, 9.17) is 6.42 Å². The molecule has 1 fully saturated rings. The normalized spacial score (nSPS) is 23.1. The van der Waals surface area contributed by atoms with Crippen LogP contribution in [0, 0.1) is 12.3 Å². The third kappa shape index (κ3) is 2.91. The summed E-state index contributed by atoms with van der Waals surface area (Å²) in [7, 11) is 0. The van der Waals surface area contributed by atoms with Crippen molar-refractivity contribution in [3.8, 4) is 12.3 Å². The Labute approximate surface area is 78.3 Å². The number of carbonyl (C=O) groups is 1. The SMILES string of the molecule is C#CCCC(=O)C1CCCCS1. The number of ketones is 1. The molecule has 1 heterocycles. The second-order valence-electron chi connectivity index (χ2n) is 3.03. The first-order valence-electron chi connectivity index (χ1n) is 4.42. The van der Waals surface area contributed by atoms with Crippen LogP contribution in [0.25, 0.3) is 0 Å². The Balaban J connectivity index is 2.26. The van der Waals surface area contributed by atoms with Crippen molar-refractivity contribution in [1.29, 1.82) is 0 Å². The molecule has 0 aliphatic carbocycles. The fourth-order valence-electron chi connectivity index (χ4n) is 1.35. The highest BCUT2D eigenvalue weighted by atomic mass is 32.2. The van der Waals surface area contributed by atoms with E-state index in [0.29, 0.717) is 18.6 Å². The van der Waals surface area contributed by atoms with Gasteiger partial charge in [0.15, 0.2) is 0 Å². The van der Waals surface area contributed by atoms with Crippen LogP contribution in [-0.4, -0.2) is 16.8 Å². The summed E-state index contributed by atoms with van der Waals surface area (Å²) in [6.45, 7) is 0. The molecule has 1 saturated heterocycles. The van der Waals surface area contributed by atoms with E-state index >= 15 is 0 Å². The fourth-order valence-corrected chi connectivity index (χ4v) is 2.64. The highest BCUT2D eigenvalue weighted by Gasteiger charge is 2.20. The number of hydrogen-bond donors (Lipinski definition) is 0. The van der Waals surface area contributed by atoms with Crippen molar-refractivity contribution >= 4 is 17.5 Å². The summed E-state index contributed by atoms with van der Waals surface area (Å²) in [4.78, 5) is 11.4. The minimum absolute atomic E-state index is 0.257. The molecular weight excluding hydrogens is 168 g/mol. The van der Waals surface area contributed by atoms with Crippen LogP contribution in [0.5, 0.6) is 0 Å². The predicted molar refractivity (Wildman–Crippen MR) is 53.2 cm³/mol. The average Bonchev–Trinajstić information content (AvgIpc) is 2.15. The zero-order valence-electron chi connectivity index (χ0n) is 7.21. The molecule has 1 aliphatic heterocycles. The molecule has 0 amide bonds. The van der Waals surface area contributed by atoms with Crippen LogP contribution in [-0.2, 0) is 4.79 Å². The molecule has 0 bridgehead atoms. The molecule has 1 aliphatic rings. The Morgan fingerprint density at radius 3 is 3.00 bits per heavy atom. The molecule has 0 aromatic carbocycles. The lowest BCUT2D eigenvalue weighted by atomic mass is 10.1. The Bertz CT molecular complexity index is 187. The van der Waals surface area contributed by atoms with E-state index in [0.717, 1.165) is 12.2 Å². The van der Waals surface area contributed by atoms with Gasteiger partial charge in [-0.15, -0.1) is 12.3 Å².